The summed E-state index contributed by atoms with van der Waals surface area (Å²) in [5.74, 6) is -0.496. The van der Waals surface area contributed by atoms with E-state index in [-0.39, 0.29) is 19.8 Å². The fraction of sp³-hybridized carbons (Fsp3) is 0.562. The lowest BCUT2D eigenvalue weighted by Gasteiger charge is -2.27. The first-order valence-electron chi connectivity index (χ1n) is 6.76. The van der Waals surface area contributed by atoms with Gasteiger partial charge in [0.25, 0.3) is 0 Å². The number of carbonyl (C=O) groups is 1. The van der Waals surface area contributed by atoms with Crippen LogP contribution in [-0.2, 0) is 14.3 Å². The molecule has 0 aromatic rings. The van der Waals surface area contributed by atoms with E-state index in [0.717, 1.165) is 0 Å². The lowest BCUT2D eigenvalue weighted by molar-refractivity contribution is -0.145. The van der Waals surface area contributed by atoms with Crippen LogP contribution in [0.2, 0.25) is 0 Å². The van der Waals surface area contributed by atoms with Crippen molar-refractivity contribution in [3.63, 3.8) is 0 Å². The predicted octanol–water partition coefficient (Wildman–Crippen LogP) is 1.86. The standard InChI is InChI=1S/C10H18O4.C6H10O/c1-4-10(5-11,6-12)7-14-9(13)8(2)3;1-3-5-7-6-4-2/h11-12H,2,4-7H2,1,3H3;3-4H,1-2,5-6H2. The van der Waals surface area contributed by atoms with Gasteiger partial charge >= 0.3 is 5.97 Å². The van der Waals surface area contributed by atoms with Crippen molar-refractivity contribution in [1.29, 1.82) is 0 Å². The van der Waals surface area contributed by atoms with Crippen LogP contribution in [0.5, 0.6) is 0 Å². The molecule has 0 bridgehead atoms. The molecular weight excluding hydrogens is 272 g/mol. The average Bonchev–Trinajstić information content (AvgIpc) is 2.50. The van der Waals surface area contributed by atoms with Gasteiger partial charge in [0.2, 0.25) is 0 Å². The monoisotopic (exact) mass is 300 g/mol. The Hall–Kier alpha value is -1.43. The Kier molecular flexibility index (Phi) is 14.1. The van der Waals surface area contributed by atoms with E-state index in [1.807, 2.05) is 6.92 Å². The maximum absolute atomic E-state index is 11.1. The summed E-state index contributed by atoms with van der Waals surface area (Å²) in [6.45, 7) is 14.6. The summed E-state index contributed by atoms with van der Waals surface area (Å²) in [5, 5.41) is 18.1. The first-order chi connectivity index (χ1) is 9.92. The number of carbonyl (C=O) groups excluding carboxylic acids is 1. The maximum atomic E-state index is 11.1. The van der Waals surface area contributed by atoms with Crippen molar-refractivity contribution in [3.05, 3.63) is 37.5 Å². The fourth-order valence-electron chi connectivity index (χ4n) is 1.04. The third kappa shape index (κ3) is 11.0. The van der Waals surface area contributed by atoms with Gasteiger partial charge in [-0.05, 0) is 13.3 Å². The van der Waals surface area contributed by atoms with Crippen LogP contribution in [-0.4, -0.2) is 49.2 Å². The lowest BCUT2D eigenvalue weighted by Crippen LogP contribution is -2.35. The zero-order valence-corrected chi connectivity index (χ0v) is 13.1. The number of esters is 1. The van der Waals surface area contributed by atoms with Crippen LogP contribution in [0.3, 0.4) is 0 Å². The molecule has 0 saturated carbocycles. The Morgan fingerprint density at radius 2 is 1.67 bits per heavy atom. The van der Waals surface area contributed by atoms with Crippen molar-refractivity contribution < 1.29 is 24.5 Å². The molecule has 0 aromatic heterocycles. The predicted molar refractivity (Wildman–Crippen MR) is 83.9 cm³/mol. The second-order valence-corrected chi connectivity index (χ2v) is 4.64. The largest absolute Gasteiger partial charge is 0.462 e. The van der Waals surface area contributed by atoms with Gasteiger partial charge in [-0.1, -0.05) is 25.7 Å². The molecule has 0 aromatic carbocycles. The van der Waals surface area contributed by atoms with E-state index < -0.39 is 11.4 Å². The maximum Gasteiger partial charge on any atom is 0.333 e. The van der Waals surface area contributed by atoms with E-state index in [4.69, 9.17) is 19.7 Å². The molecular formula is C16H28O5. The highest BCUT2D eigenvalue weighted by molar-refractivity contribution is 5.86. The van der Waals surface area contributed by atoms with E-state index in [2.05, 4.69) is 19.7 Å². The molecule has 0 fully saturated rings. The molecule has 2 N–H and O–H groups in total. The van der Waals surface area contributed by atoms with E-state index in [9.17, 15) is 4.79 Å². The van der Waals surface area contributed by atoms with Crippen molar-refractivity contribution in [3.8, 4) is 0 Å². The number of rotatable bonds is 10. The molecule has 0 heterocycles. The highest BCUT2D eigenvalue weighted by Crippen LogP contribution is 2.21. The van der Waals surface area contributed by atoms with Gasteiger partial charge in [0.05, 0.1) is 31.8 Å². The zero-order valence-electron chi connectivity index (χ0n) is 13.1. The molecule has 0 unspecified atom stereocenters. The van der Waals surface area contributed by atoms with Crippen LogP contribution in [0.1, 0.15) is 20.3 Å². The Bertz CT molecular complexity index is 302. The molecule has 0 saturated heterocycles. The summed E-state index contributed by atoms with van der Waals surface area (Å²) in [4.78, 5) is 11.1. The summed E-state index contributed by atoms with van der Waals surface area (Å²) in [6.07, 6.45) is 3.97. The molecule has 5 heteroatoms. The van der Waals surface area contributed by atoms with Gasteiger partial charge in [0.15, 0.2) is 0 Å². The summed E-state index contributed by atoms with van der Waals surface area (Å²) < 4.78 is 9.78. The number of hydrogen-bond acceptors (Lipinski definition) is 5. The second kappa shape index (κ2) is 13.5. The van der Waals surface area contributed by atoms with Crippen LogP contribution in [0.4, 0.5) is 0 Å². The number of aliphatic hydroxyl groups excluding tert-OH is 2. The number of ether oxygens (including phenoxy) is 2. The second-order valence-electron chi connectivity index (χ2n) is 4.64. The number of hydrogen-bond donors (Lipinski definition) is 2. The van der Waals surface area contributed by atoms with E-state index in [1.165, 1.54) is 0 Å². The Labute approximate surface area is 127 Å². The van der Waals surface area contributed by atoms with Crippen molar-refractivity contribution in [2.24, 2.45) is 5.41 Å². The Morgan fingerprint density at radius 3 is 1.95 bits per heavy atom. The molecule has 0 aliphatic rings. The van der Waals surface area contributed by atoms with Gasteiger partial charge in [0.1, 0.15) is 6.61 Å². The topological polar surface area (TPSA) is 76.0 Å². The van der Waals surface area contributed by atoms with Crippen molar-refractivity contribution in [2.75, 3.05) is 33.0 Å². The van der Waals surface area contributed by atoms with Crippen LogP contribution >= 0.6 is 0 Å². The molecule has 0 amide bonds. The Morgan fingerprint density at radius 1 is 1.19 bits per heavy atom. The average molecular weight is 300 g/mol. The third-order valence-electron chi connectivity index (χ3n) is 2.75. The van der Waals surface area contributed by atoms with E-state index in [1.54, 1.807) is 19.1 Å². The quantitative estimate of drug-likeness (QED) is 0.279. The van der Waals surface area contributed by atoms with Gasteiger partial charge in [-0.25, -0.2) is 4.79 Å². The summed E-state index contributed by atoms with van der Waals surface area (Å²) in [6, 6.07) is 0. The first-order valence-corrected chi connectivity index (χ1v) is 6.76. The van der Waals surface area contributed by atoms with Crippen molar-refractivity contribution >= 4 is 5.97 Å². The highest BCUT2D eigenvalue weighted by atomic mass is 16.5. The van der Waals surface area contributed by atoms with Gasteiger partial charge < -0.3 is 19.7 Å². The lowest BCUT2D eigenvalue weighted by atomic mass is 9.88. The van der Waals surface area contributed by atoms with E-state index >= 15 is 0 Å². The van der Waals surface area contributed by atoms with Crippen molar-refractivity contribution in [1.82, 2.24) is 0 Å². The molecule has 21 heavy (non-hydrogen) atoms. The smallest absolute Gasteiger partial charge is 0.333 e. The number of aliphatic hydroxyl groups is 2. The minimum absolute atomic E-state index is 0.0161. The molecule has 0 spiro atoms. The molecule has 0 atom stereocenters. The van der Waals surface area contributed by atoms with E-state index in [0.29, 0.717) is 25.2 Å². The summed E-state index contributed by atoms with van der Waals surface area (Å²) in [5.41, 5.74) is -0.420. The molecule has 122 valence electrons. The molecule has 0 aliphatic carbocycles. The first kappa shape index (κ1) is 21.9. The van der Waals surface area contributed by atoms with Crippen molar-refractivity contribution in [2.45, 2.75) is 20.3 Å². The molecule has 0 radical (unpaired) electrons. The minimum Gasteiger partial charge on any atom is -0.462 e. The SMILES string of the molecule is C=C(C)C(=O)OCC(CC)(CO)CO.C=CCOCC=C. The summed E-state index contributed by atoms with van der Waals surface area (Å²) >= 11 is 0. The fourth-order valence-corrected chi connectivity index (χ4v) is 1.04. The molecule has 0 rings (SSSR count). The van der Waals surface area contributed by atoms with Crippen LogP contribution < -0.4 is 0 Å². The Balaban J connectivity index is 0. The van der Waals surface area contributed by atoms with Crippen LogP contribution in [0, 0.1) is 5.41 Å². The van der Waals surface area contributed by atoms with Gasteiger partial charge in [-0.2, -0.15) is 0 Å². The summed E-state index contributed by atoms with van der Waals surface area (Å²) in [7, 11) is 0. The van der Waals surface area contributed by atoms with Gasteiger partial charge in [0, 0.05) is 5.57 Å². The zero-order chi connectivity index (χ0) is 16.7. The van der Waals surface area contributed by atoms with Gasteiger partial charge in [-0.3, -0.25) is 0 Å². The van der Waals surface area contributed by atoms with Gasteiger partial charge in [-0.15, -0.1) is 13.2 Å². The molecule has 5 nitrogen and oxygen atoms in total. The minimum atomic E-state index is -0.731. The van der Waals surface area contributed by atoms with Crippen LogP contribution in [0.15, 0.2) is 37.5 Å². The highest BCUT2D eigenvalue weighted by Gasteiger charge is 2.28. The van der Waals surface area contributed by atoms with Crippen LogP contribution in [0.25, 0.3) is 0 Å². The molecule has 0 aliphatic heterocycles. The normalized spacial score (nSPS) is 10.1. The third-order valence-corrected chi connectivity index (χ3v) is 2.75.